The summed E-state index contributed by atoms with van der Waals surface area (Å²) in [6.45, 7) is 0. The molecule has 2 radical (unpaired) electrons. The van der Waals surface area contributed by atoms with Crippen molar-refractivity contribution >= 4 is 74.2 Å². The molecule has 0 aromatic heterocycles. The molecular weight excluding hydrogens is 266 g/mol. The van der Waals surface area contributed by atoms with E-state index < -0.39 is 0 Å². The smallest absolute Gasteiger partial charge is 0 e. The van der Waals surface area contributed by atoms with Crippen LogP contribution in [0, 0.1) is 0 Å². The first-order chi connectivity index (χ1) is 0. The van der Waals surface area contributed by atoms with Crippen LogP contribution in [-0.2, 0) is 19.5 Å². The molecule has 0 amide bonds. The zero-order valence-electron chi connectivity index (χ0n) is 4.83. The summed E-state index contributed by atoms with van der Waals surface area (Å²) in [4.78, 5) is 0. The van der Waals surface area contributed by atoms with Gasteiger partial charge in [0.1, 0.15) is 0 Å². The molecule has 0 heterocycles. The zero-order valence-corrected chi connectivity index (χ0v) is 12.7. The standard InChI is InChI=1S/Al.Mg.H3P.Sn.Zn.7H/h;;1H3;;;;;;;;;/q;+2;;;;;;;;;2*-1. The molecule has 0 saturated carbocycles. The quantitative estimate of drug-likeness (QED) is 0.348. The summed E-state index contributed by atoms with van der Waals surface area (Å²) in [5.41, 5.74) is 0. The summed E-state index contributed by atoms with van der Waals surface area (Å²) >= 11 is 0. The third-order valence-corrected chi connectivity index (χ3v) is 0. The van der Waals surface area contributed by atoms with E-state index in [1.165, 1.54) is 0 Å². The van der Waals surface area contributed by atoms with Crippen molar-refractivity contribution < 1.29 is 22.3 Å². The molecule has 0 aliphatic carbocycles. The topological polar surface area (TPSA) is 0 Å². The van der Waals surface area contributed by atoms with Crippen molar-refractivity contribution in [1.29, 1.82) is 0 Å². The molecule has 26 valence electrons. The van der Waals surface area contributed by atoms with Gasteiger partial charge in [-0.05, 0) is 0 Å². The summed E-state index contributed by atoms with van der Waals surface area (Å²) in [5.74, 6) is 0. The summed E-state index contributed by atoms with van der Waals surface area (Å²) < 4.78 is 0. The Kier molecular flexibility index (Phi) is 229. The predicted octanol–water partition coefficient (Wildman–Crippen LogP) is -2.20. The van der Waals surface area contributed by atoms with E-state index in [1.807, 2.05) is 0 Å². The van der Waals surface area contributed by atoms with Crippen molar-refractivity contribution in [3.05, 3.63) is 0 Å². The Labute approximate surface area is 95.2 Å². The van der Waals surface area contributed by atoms with E-state index in [-0.39, 0.29) is 96.6 Å². The second kappa shape index (κ2) is 27.3. The molecule has 0 saturated heterocycles. The van der Waals surface area contributed by atoms with Gasteiger partial charge in [0.25, 0.3) is 0 Å². The maximum Gasteiger partial charge on any atom is 0 e. The van der Waals surface area contributed by atoms with Gasteiger partial charge in [-0.3, -0.25) is 0 Å². The third kappa shape index (κ3) is 19.1. The van der Waals surface area contributed by atoms with Crippen LogP contribution < -0.4 is 0 Å². The summed E-state index contributed by atoms with van der Waals surface area (Å²) in [6, 6.07) is 0. The largest absolute Gasteiger partial charge is 0 e. The van der Waals surface area contributed by atoms with Crippen LogP contribution in [0.25, 0.3) is 0 Å². The minimum atomic E-state index is 0. The molecule has 5 heteroatoms. The predicted molar refractivity (Wildman–Crippen MR) is 37.6 cm³/mol. The fraction of sp³-hybridized carbons (Fsp3) is 0. The number of hydrogen-bond donors (Lipinski definition) is 0. The second-order valence-electron chi connectivity index (χ2n) is 0. The van der Waals surface area contributed by atoms with Crippen molar-refractivity contribution in [1.82, 2.24) is 0 Å². The van der Waals surface area contributed by atoms with Gasteiger partial charge < -0.3 is 2.85 Å². The van der Waals surface area contributed by atoms with Gasteiger partial charge in [0, 0.05) is 19.5 Å². The third-order valence-electron chi connectivity index (χ3n) is 0. The summed E-state index contributed by atoms with van der Waals surface area (Å²) in [5, 5.41) is 0. The minimum absolute atomic E-state index is 0. The summed E-state index contributed by atoms with van der Waals surface area (Å²) in [6.07, 6.45) is 0. The Hall–Kier alpha value is 3.15. The van der Waals surface area contributed by atoms with E-state index in [9.17, 15) is 0 Å². The van der Waals surface area contributed by atoms with Crippen molar-refractivity contribution in [2.75, 3.05) is 0 Å². The van der Waals surface area contributed by atoms with Crippen molar-refractivity contribution in [3.63, 3.8) is 0 Å². The van der Waals surface area contributed by atoms with E-state index in [4.69, 9.17) is 0 Å². The Morgan fingerprint density at radius 1 is 1.20 bits per heavy atom. The van der Waals surface area contributed by atoms with Crippen LogP contribution in [0.1, 0.15) is 2.85 Å². The molecule has 0 aromatic rings. The van der Waals surface area contributed by atoms with Crippen LogP contribution in [-0.4, -0.2) is 64.3 Å². The molecule has 0 N–H and O–H groups in total. The molecule has 0 fully saturated rings. The van der Waals surface area contributed by atoms with Crippen LogP contribution in [0.5, 0.6) is 0 Å². The maximum atomic E-state index is 0. The van der Waals surface area contributed by atoms with Gasteiger partial charge in [-0.2, -0.15) is 9.90 Å². The number of rotatable bonds is 0. The zero-order chi connectivity index (χ0) is 0. The van der Waals surface area contributed by atoms with E-state index in [0.29, 0.717) is 0 Å². The van der Waals surface area contributed by atoms with E-state index >= 15 is 0 Å². The molecule has 5 heavy (non-hydrogen) atoms. The molecule has 0 aromatic carbocycles. The monoisotopic (exact) mass is 276 g/mol. The van der Waals surface area contributed by atoms with Gasteiger partial charge in [-0.15, -0.1) is 0 Å². The first-order valence-electron chi connectivity index (χ1n) is 0. The van der Waals surface area contributed by atoms with Crippen molar-refractivity contribution in [2.45, 2.75) is 0 Å². The molecule has 0 bridgehead atoms. The van der Waals surface area contributed by atoms with E-state index in [0.717, 1.165) is 0 Å². The van der Waals surface area contributed by atoms with Gasteiger partial charge in [0.15, 0.2) is 17.4 Å². The van der Waals surface area contributed by atoms with Gasteiger partial charge in [-0.1, -0.05) is 0 Å². The molecule has 0 aliphatic heterocycles. The molecule has 0 spiro atoms. The Bertz CT molecular complexity index is 17.7. The SMILES string of the molecule is P.[AlH3].[H-].[H-].[Mg+2].[SnH2].[Zn]. The van der Waals surface area contributed by atoms with Crippen LogP contribution in [0.15, 0.2) is 0 Å². The normalized spacial score (nSPS) is 0. The van der Waals surface area contributed by atoms with E-state index in [1.54, 1.807) is 0 Å². The Balaban J connectivity index is 0. The van der Waals surface area contributed by atoms with Crippen LogP contribution in [0.2, 0.25) is 0 Å². The van der Waals surface area contributed by atoms with Crippen LogP contribution >= 0.6 is 9.90 Å². The average molecular weight is 276 g/mol. The van der Waals surface area contributed by atoms with Gasteiger partial charge >= 0.3 is 47.0 Å². The Morgan fingerprint density at radius 3 is 1.20 bits per heavy atom. The molecule has 0 rings (SSSR count). The second-order valence-corrected chi connectivity index (χ2v) is 0. The van der Waals surface area contributed by atoms with Crippen molar-refractivity contribution in [3.8, 4) is 0 Å². The van der Waals surface area contributed by atoms with Crippen LogP contribution in [0.4, 0.5) is 0 Å². The number of hydrogen-bond acceptors (Lipinski definition) is 0. The van der Waals surface area contributed by atoms with E-state index in [2.05, 4.69) is 0 Å². The van der Waals surface area contributed by atoms with Gasteiger partial charge in [0.2, 0.25) is 0 Å². The minimum Gasteiger partial charge on any atom is 0 e. The average Bonchev–Trinajstić information content (AvgIpc) is 0. The van der Waals surface area contributed by atoms with Gasteiger partial charge in [0.05, 0.1) is 0 Å². The fourth-order valence-corrected chi connectivity index (χ4v) is 0. The first kappa shape index (κ1) is 42.0. The van der Waals surface area contributed by atoms with Crippen molar-refractivity contribution in [2.24, 2.45) is 0 Å². The van der Waals surface area contributed by atoms with Gasteiger partial charge in [-0.25, -0.2) is 0 Å². The maximum absolute atomic E-state index is 0. The Morgan fingerprint density at radius 2 is 1.20 bits per heavy atom. The molecule has 1 atom stereocenters. The molecular formula is H10AlMgPSnZn. The van der Waals surface area contributed by atoms with Crippen LogP contribution in [0.3, 0.4) is 0 Å². The molecule has 1 unspecified atom stereocenters. The molecule has 0 aliphatic rings. The first-order valence-corrected chi connectivity index (χ1v) is 0. The fourth-order valence-electron chi connectivity index (χ4n) is 0. The molecule has 0 nitrogen and oxygen atoms in total. The summed E-state index contributed by atoms with van der Waals surface area (Å²) in [7, 11) is 0.